The van der Waals surface area contributed by atoms with Gasteiger partial charge in [-0.1, -0.05) is 26.7 Å². The van der Waals surface area contributed by atoms with Gasteiger partial charge in [0.2, 0.25) is 0 Å². The van der Waals surface area contributed by atoms with E-state index in [4.69, 9.17) is 4.74 Å². The summed E-state index contributed by atoms with van der Waals surface area (Å²) in [5, 5.41) is 6.88. The molecule has 0 radical (unpaired) electrons. The molecule has 2 N–H and O–H groups in total. The molecule has 2 aliphatic heterocycles. The summed E-state index contributed by atoms with van der Waals surface area (Å²) in [6, 6.07) is 0. The molecular formula is C19H40IN5O. The molecule has 0 aromatic heterocycles. The summed E-state index contributed by atoms with van der Waals surface area (Å²) in [4.78, 5) is 9.43. The number of guanidine groups is 1. The van der Waals surface area contributed by atoms with Gasteiger partial charge in [0, 0.05) is 46.3 Å². The third-order valence-corrected chi connectivity index (χ3v) is 4.99. The number of hydrogen-bond donors (Lipinski definition) is 2. The summed E-state index contributed by atoms with van der Waals surface area (Å²) in [5.41, 5.74) is 0. The van der Waals surface area contributed by atoms with Crippen molar-refractivity contribution >= 4 is 29.9 Å². The molecule has 1 atom stereocenters. The maximum Gasteiger partial charge on any atom is 0.191 e. The molecule has 0 bridgehead atoms. The van der Waals surface area contributed by atoms with E-state index >= 15 is 0 Å². The van der Waals surface area contributed by atoms with E-state index in [-0.39, 0.29) is 30.1 Å². The van der Waals surface area contributed by atoms with Gasteiger partial charge in [-0.3, -0.25) is 9.89 Å². The first-order valence-electron chi connectivity index (χ1n) is 10.2. The highest BCUT2D eigenvalue weighted by Gasteiger charge is 2.21. The molecule has 2 heterocycles. The monoisotopic (exact) mass is 481 g/mol. The van der Waals surface area contributed by atoms with Gasteiger partial charge in [-0.05, 0) is 31.8 Å². The fourth-order valence-electron chi connectivity index (χ4n) is 3.71. The van der Waals surface area contributed by atoms with Gasteiger partial charge in [-0.15, -0.1) is 24.0 Å². The second-order valence-electron chi connectivity index (χ2n) is 7.78. The smallest absolute Gasteiger partial charge is 0.191 e. The molecule has 26 heavy (non-hydrogen) atoms. The number of likely N-dealkylation sites (tertiary alicyclic amines) is 1. The Labute approximate surface area is 177 Å². The molecule has 0 aliphatic carbocycles. The Morgan fingerprint density at radius 3 is 2.46 bits per heavy atom. The first kappa shape index (κ1) is 23.9. The van der Waals surface area contributed by atoms with E-state index in [0.29, 0.717) is 5.92 Å². The zero-order valence-corrected chi connectivity index (χ0v) is 19.3. The molecule has 2 fully saturated rings. The zero-order chi connectivity index (χ0) is 17.9. The average molecular weight is 481 g/mol. The van der Waals surface area contributed by atoms with Crippen molar-refractivity contribution in [2.24, 2.45) is 10.9 Å². The standard InChI is InChI=1S/C19H39N5O.HI/c1-17(2)15-24-12-13-25-18(16-24)14-22-19(20-3)21-8-11-23-9-6-4-5-7-10-23;/h17-18H,4-16H2,1-3H3,(H2,20,21,22);1H. The van der Waals surface area contributed by atoms with Gasteiger partial charge in [-0.2, -0.15) is 0 Å². The Balaban J connectivity index is 0.00000338. The number of nitrogens with one attached hydrogen (secondary N) is 2. The Bertz CT molecular complexity index is 386. The maximum absolute atomic E-state index is 5.90. The summed E-state index contributed by atoms with van der Waals surface area (Å²) >= 11 is 0. The van der Waals surface area contributed by atoms with Crippen molar-refractivity contribution < 1.29 is 4.74 Å². The SMILES string of the molecule is CN=C(NCCN1CCCCCC1)NCC1CN(CC(C)C)CCO1.I. The van der Waals surface area contributed by atoms with Crippen LogP contribution in [0.15, 0.2) is 4.99 Å². The second-order valence-corrected chi connectivity index (χ2v) is 7.78. The lowest BCUT2D eigenvalue weighted by Gasteiger charge is -2.34. The van der Waals surface area contributed by atoms with Crippen LogP contribution in [0.4, 0.5) is 0 Å². The van der Waals surface area contributed by atoms with Crippen LogP contribution in [0.1, 0.15) is 39.5 Å². The minimum absolute atomic E-state index is 0. The molecule has 0 saturated carbocycles. The van der Waals surface area contributed by atoms with Crippen molar-refractivity contribution in [2.75, 3.05) is 66.0 Å². The molecule has 0 amide bonds. The van der Waals surface area contributed by atoms with Crippen LogP contribution in [0.5, 0.6) is 0 Å². The number of nitrogens with zero attached hydrogens (tertiary/aromatic N) is 3. The largest absolute Gasteiger partial charge is 0.374 e. The van der Waals surface area contributed by atoms with Gasteiger partial charge >= 0.3 is 0 Å². The summed E-state index contributed by atoms with van der Waals surface area (Å²) in [7, 11) is 1.84. The van der Waals surface area contributed by atoms with Crippen LogP contribution in [0.3, 0.4) is 0 Å². The van der Waals surface area contributed by atoms with E-state index in [1.54, 1.807) is 0 Å². The van der Waals surface area contributed by atoms with E-state index in [2.05, 4.69) is 39.3 Å². The predicted octanol–water partition coefficient (Wildman–Crippen LogP) is 2.00. The average Bonchev–Trinajstić information content (AvgIpc) is 2.86. The van der Waals surface area contributed by atoms with E-state index in [1.807, 2.05) is 7.05 Å². The number of hydrogen-bond acceptors (Lipinski definition) is 4. The molecule has 1 unspecified atom stereocenters. The van der Waals surface area contributed by atoms with Crippen LogP contribution in [-0.4, -0.2) is 87.9 Å². The minimum atomic E-state index is 0. The van der Waals surface area contributed by atoms with Crippen molar-refractivity contribution in [3.8, 4) is 0 Å². The molecule has 0 spiro atoms. The summed E-state index contributed by atoms with van der Waals surface area (Å²) in [6.45, 7) is 14.0. The lowest BCUT2D eigenvalue weighted by molar-refractivity contribution is -0.0284. The van der Waals surface area contributed by atoms with Gasteiger partial charge in [0.25, 0.3) is 0 Å². The summed E-state index contributed by atoms with van der Waals surface area (Å²) in [6.07, 6.45) is 5.72. The molecule has 6 nitrogen and oxygen atoms in total. The molecular weight excluding hydrogens is 441 g/mol. The number of aliphatic imine (C=N–C) groups is 1. The van der Waals surface area contributed by atoms with E-state index in [0.717, 1.165) is 51.8 Å². The van der Waals surface area contributed by atoms with Crippen molar-refractivity contribution in [3.63, 3.8) is 0 Å². The first-order chi connectivity index (χ1) is 12.2. The highest BCUT2D eigenvalue weighted by atomic mass is 127. The molecule has 0 aromatic carbocycles. The van der Waals surface area contributed by atoms with Gasteiger partial charge in [-0.25, -0.2) is 0 Å². The zero-order valence-electron chi connectivity index (χ0n) is 17.0. The van der Waals surface area contributed by atoms with Crippen LogP contribution < -0.4 is 10.6 Å². The molecule has 0 aromatic rings. The molecule has 154 valence electrons. The van der Waals surface area contributed by atoms with Crippen LogP contribution in [0, 0.1) is 5.92 Å². The van der Waals surface area contributed by atoms with Crippen molar-refractivity contribution in [3.05, 3.63) is 0 Å². The second kappa shape index (κ2) is 14.0. The lowest BCUT2D eigenvalue weighted by Crippen LogP contribution is -2.50. The summed E-state index contributed by atoms with van der Waals surface area (Å²) in [5.74, 6) is 1.60. The third kappa shape index (κ3) is 9.71. The quantitative estimate of drug-likeness (QED) is 0.331. The highest BCUT2D eigenvalue weighted by Crippen LogP contribution is 2.09. The number of rotatable bonds is 7. The molecule has 2 aliphatic rings. The Morgan fingerprint density at radius 2 is 1.81 bits per heavy atom. The van der Waals surface area contributed by atoms with Crippen molar-refractivity contribution in [1.82, 2.24) is 20.4 Å². The van der Waals surface area contributed by atoms with Crippen molar-refractivity contribution in [2.45, 2.75) is 45.6 Å². The van der Waals surface area contributed by atoms with Gasteiger partial charge in [0.15, 0.2) is 5.96 Å². The Hall–Kier alpha value is -0.120. The minimum Gasteiger partial charge on any atom is -0.374 e. The van der Waals surface area contributed by atoms with Gasteiger partial charge in [0.1, 0.15) is 0 Å². The highest BCUT2D eigenvalue weighted by molar-refractivity contribution is 14.0. The molecule has 7 heteroatoms. The summed E-state index contributed by atoms with van der Waals surface area (Å²) < 4.78 is 5.90. The third-order valence-electron chi connectivity index (χ3n) is 4.99. The number of ether oxygens (including phenoxy) is 1. The topological polar surface area (TPSA) is 52.1 Å². The van der Waals surface area contributed by atoms with E-state index in [9.17, 15) is 0 Å². The molecule has 2 rings (SSSR count). The Morgan fingerprint density at radius 1 is 1.08 bits per heavy atom. The number of halogens is 1. The Kier molecular flexibility index (Phi) is 12.8. The normalized spacial score (nSPS) is 23.4. The van der Waals surface area contributed by atoms with Crippen LogP contribution in [0.25, 0.3) is 0 Å². The fourth-order valence-corrected chi connectivity index (χ4v) is 3.71. The van der Waals surface area contributed by atoms with Gasteiger partial charge in [0.05, 0.1) is 12.7 Å². The lowest BCUT2D eigenvalue weighted by atomic mass is 10.2. The van der Waals surface area contributed by atoms with Crippen LogP contribution >= 0.6 is 24.0 Å². The number of morpholine rings is 1. The molecule has 2 saturated heterocycles. The van der Waals surface area contributed by atoms with E-state index < -0.39 is 0 Å². The van der Waals surface area contributed by atoms with Crippen LogP contribution in [0.2, 0.25) is 0 Å². The van der Waals surface area contributed by atoms with Crippen molar-refractivity contribution in [1.29, 1.82) is 0 Å². The first-order valence-corrected chi connectivity index (χ1v) is 10.2. The van der Waals surface area contributed by atoms with Crippen LogP contribution in [-0.2, 0) is 4.74 Å². The van der Waals surface area contributed by atoms with Gasteiger partial charge < -0.3 is 20.3 Å². The fraction of sp³-hybridized carbons (Fsp3) is 0.947. The predicted molar refractivity (Wildman–Crippen MR) is 121 cm³/mol. The maximum atomic E-state index is 5.90. The van der Waals surface area contributed by atoms with E-state index in [1.165, 1.54) is 38.8 Å².